The fourth-order valence-corrected chi connectivity index (χ4v) is 3.78. The number of nitrogens with zero attached hydrogens (tertiary/aromatic N) is 3. The molecule has 2 fully saturated rings. The lowest BCUT2D eigenvalue weighted by molar-refractivity contribution is -0.143. The lowest BCUT2D eigenvalue weighted by Gasteiger charge is -2.48. The van der Waals surface area contributed by atoms with Gasteiger partial charge >= 0.3 is 0 Å². The number of benzene rings is 1. The molecule has 2 aliphatic rings. The van der Waals surface area contributed by atoms with E-state index in [0.717, 1.165) is 5.69 Å². The van der Waals surface area contributed by atoms with Gasteiger partial charge in [-0.3, -0.25) is 14.4 Å². The Hall–Kier alpha value is -2.41. The van der Waals surface area contributed by atoms with Crippen LogP contribution in [0.1, 0.15) is 13.3 Å². The molecule has 2 saturated heterocycles. The van der Waals surface area contributed by atoms with Crippen LogP contribution in [0.15, 0.2) is 30.3 Å². The Morgan fingerprint density at radius 2 is 1.92 bits per heavy atom. The van der Waals surface area contributed by atoms with Crippen molar-refractivity contribution in [1.82, 2.24) is 9.80 Å². The molecule has 1 atom stereocenters. The topological polar surface area (TPSA) is 70.2 Å². The molecule has 7 nitrogen and oxygen atoms in total. The summed E-state index contributed by atoms with van der Waals surface area (Å²) in [5.74, 6) is -0.332. The number of ether oxygens (including phenoxy) is 1. The Morgan fingerprint density at radius 1 is 1.20 bits per heavy atom. The molecule has 0 aromatic heterocycles. The summed E-state index contributed by atoms with van der Waals surface area (Å²) >= 11 is 0. The first-order chi connectivity index (χ1) is 12.0. The van der Waals surface area contributed by atoms with Gasteiger partial charge in [0.1, 0.15) is 13.2 Å². The van der Waals surface area contributed by atoms with Gasteiger partial charge in [-0.25, -0.2) is 0 Å². The minimum absolute atomic E-state index is 0.0253. The quantitative estimate of drug-likeness (QED) is 0.800. The number of hydrogen-bond donors (Lipinski definition) is 0. The van der Waals surface area contributed by atoms with Crippen LogP contribution in [-0.2, 0) is 19.1 Å². The third-order valence-corrected chi connectivity index (χ3v) is 5.02. The average molecular weight is 345 g/mol. The van der Waals surface area contributed by atoms with Crippen LogP contribution in [0.5, 0.6) is 0 Å². The molecule has 0 saturated carbocycles. The standard InChI is InChI=1S/C18H23N3O4/c1-14(22)21-10-16(23)20(15-6-4-3-5-7-15)13-18(21)8-9-19(12-18)17(24)11-25-2/h3-7H,8-13H2,1-2H3. The first kappa shape index (κ1) is 17.4. The van der Waals surface area contributed by atoms with Crippen LogP contribution < -0.4 is 4.90 Å². The molecule has 134 valence electrons. The van der Waals surface area contributed by atoms with E-state index in [4.69, 9.17) is 4.74 Å². The minimum atomic E-state index is -0.543. The molecule has 0 aliphatic carbocycles. The van der Waals surface area contributed by atoms with Crippen LogP contribution >= 0.6 is 0 Å². The summed E-state index contributed by atoms with van der Waals surface area (Å²) in [5.41, 5.74) is 0.274. The Kier molecular flexibility index (Phi) is 4.76. The maximum atomic E-state index is 12.6. The molecule has 0 N–H and O–H groups in total. The van der Waals surface area contributed by atoms with Crippen molar-refractivity contribution < 1.29 is 19.1 Å². The number of hydrogen-bond acceptors (Lipinski definition) is 4. The van der Waals surface area contributed by atoms with Crippen molar-refractivity contribution in [1.29, 1.82) is 0 Å². The van der Waals surface area contributed by atoms with Crippen LogP contribution in [-0.4, -0.2) is 73.0 Å². The van der Waals surface area contributed by atoms with Crippen molar-refractivity contribution in [2.24, 2.45) is 0 Å². The maximum absolute atomic E-state index is 12.6. The maximum Gasteiger partial charge on any atom is 0.248 e. The summed E-state index contributed by atoms with van der Waals surface area (Å²) in [6.07, 6.45) is 0.651. The third kappa shape index (κ3) is 3.24. The highest BCUT2D eigenvalue weighted by atomic mass is 16.5. The van der Waals surface area contributed by atoms with Gasteiger partial charge in [-0.15, -0.1) is 0 Å². The molecule has 3 rings (SSSR count). The number of carbonyl (C=O) groups excluding carboxylic acids is 3. The summed E-state index contributed by atoms with van der Waals surface area (Å²) in [5, 5.41) is 0. The zero-order valence-corrected chi connectivity index (χ0v) is 14.6. The van der Waals surface area contributed by atoms with Gasteiger partial charge in [0, 0.05) is 32.8 Å². The predicted molar refractivity (Wildman–Crippen MR) is 92.0 cm³/mol. The molecule has 25 heavy (non-hydrogen) atoms. The summed E-state index contributed by atoms with van der Waals surface area (Å²) in [7, 11) is 1.49. The molecule has 1 unspecified atom stereocenters. The van der Waals surface area contributed by atoms with Crippen molar-refractivity contribution in [3.8, 4) is 0 Å². The Balaban J connectivity index is 1.88. The fourth-order valence-electron chi connectivity index (χ4n) is 3.78. The van der Waals surface area contributed by atoms with E-state index in [9.17, 15) is 14.4 Å². The van der Waals surface area contributed by atoms with Gasteiger partial charge in [-0.1, -0.05) is 18.2 Å². The second-order valence-corrected chi connectivity index (χ2v) is 6.64. The van der Waals surface area contributed by atoms with Crippen molar-refractivity contribution in [2.45, 2.75) is 18.9 Å². The van der Waals surface area contributed by atoms with E-state index in [1.807, 2.05) is 30.3 Å². The molecule has 1 aromatic rings. The lowest BCUT2D eigenvalue weighted by Crippen LogP contribution is -2.67. The van der Waals surface area contributed by atoms with Crippen molar-refractivity contribution >= 4 is 23.4 Å². The number of anilines is 1. The average Bonchev–Trinajstić information content (AvgIpc) is 3.02. The van der Waals surface area contributed by atoms with Crippen LogP contribution in [0.4, 0.5) is 5.69 Å². The molecule has 3 amide bonds. The van der Waals surface area contributed by atoms with E-state index in [2.05, 4.69) is 0 Å². The van der Waals surface area contributed by atoms with Crippen molar-refractivity contribution in [3.63, 3.8) is 0 Å². The van der Waals surface area contributed by atoms with E-state index >= 15 is 0 Å². The summed E-state index contributed by atoms with van der Waals surface area (Å²) in [4.78, 5) is 42.0. The molecule has 2 aliphatic heterocycles. The molecule has 7 heteroatoms. The zero-order chi connectivity index (χ0) is 18.0. The first-order valence-electron chi connectivity index (χ1n) is 8.37. The second kappa shape index (κ2) is 6.84. The number of likely N-dealkylation sites (tertiary alicyclic amines) is 1. The van der Waals surface area contributed by atoms with E-state index in [1.54, 1.807) is 14.7 Å². The molecule has 0 bridgehead atoms. The van der Waals surface area contributed by atoms with Gasteiger partial charge in [0.2, 0.25) is 17.7 Å². The molecular formula is C18H23N3O4. The number of methoxy groups -OCH3 is 1. The van der Waals surface area contributed by atoms with Gasteiger partial charge in [0.15, 0.2) is 0 Å². The van der Waals surface area contributed by atoms with Gasteiger partial charge in [-0.2, -0.15) is 0 Å². The number of piperazine rings is 1. The lowest BCUT2D eigenvalue weighted by atomic mass is 9.91. The minimum Gasteiger partial charge on any atom is -0.375 e. The smallest absolute Gasteiger partial charge is 0.248 e. The van der Waals surface area contributed by atoms with Crippen LogP contribution in [0.3, 0.4) is 0 Å². The summed E-state index contributed by atoms with van der Waals surface area (Å²) in [6.45, 7) is 2.92. The van der Waals surface area contributed by atoms with E-state index in [1.165, 1.54) is 14.0 Å². The van der Waals surface area contributed by atoms with Crippen molar-refractivity contribution in [2.75, 3.05) is 44.8 Å². The molecule has 1 aromatic carbocycles. The van der Waals surface area contributed by atoms with E-state index in [-0.39, 0.29) is 30.9 Å². The summed E-state index contributed by atoms with van der Waals surface area (Å²) in [6, 6.07) is 9.44. The molecule has 0 radical (unpaired) electrons. The number of carbonyl (C=O) groups is 3. The number of para-hydroxylation sites is 1. The van der Waals surface area contributed by atoms with Gasteiger partial charge in [0.25, 0.3) is 0 Å². The Labute approximate surface area is 147 Å². The van der Waals surface area contributed by atoms with Gasteiger partial charge in [0.05, 0.1) is 12.1 Å². The molecular weight excluding hydrogens is 322 g/mol. The molecule has 1 spiro atoms. The largest absolute Gasteiger partial charge is 0.375 e. The highest BCUT2D eigenvalue weighted by Gasteiger charge is 2.51. The first-order valence-corrected chi connectivity index (χ1v) is 8.37. The normalized spacial score (nSPS) is 23.4. The highest BCUT2D eigenvalue weighted by Crippen LogP contribution is 2.34. The van der Waals surface area contributed by atoms with Crippen LogP contribution in [0, 0.1) is 0 Å². The van der Waals surface area contributed by atoms with Gasteiger partial charge in [-0.05, 0) is 18.6 Å². The second-order valence-electron chi connectivity index (χ2n) is 6.64. The Morgan fingerprint density at radius 3 is 2.56 bits per heavy atom. The third-order valence-electron chi connectivity index (χ3n) is 5.02. The number of rotatable bonds is 3. The van der Waals surface area contributed by atoms with E-state index < -0.39 is 5.54 Å². The monoisotopic (exact) mass is 345 g/mol. The SMILES string of the molecule is COCC(=O)N1CCC2(C1)CN(c1ccccc1)C(=O)CN2C(C)=O. The summed E-state index contributed by atoms with van der Waals surface area (Å²) < 4.78 is 4.94. The molecule has 2 heterocycles. The zero-order valence-electron chi connectivity index (χ0n) is 14.6. The van der Waals surface area contributed by atoms with Crippen LogP contribution in [0.2, 0.25) is 0 Å². The fraction of sp³-hybridized carbons (Fsp3) is 0.500. The van der Waals surface area contributed by atoms with E-state index in [0.29, 0.717) is 26.1 Å². The van der Waals surface area contributed by atoms with Crippen LogP contribution in [0.25, 0.3) is 0 Å². The predicted octanol–water partition coefficient (Wildman–Crippen LogP) is 0.499. The highest BCUT2D eigenvalue weighted by molar-refractivity contribution is 5.98. The number of amides is 3. The van der Waals surface area contributed by atoms with Gasteiger partial charge < -0.3 is 19.4 Å². The Bertz CT molecular complexity index is 678. The van der Waals surface area contributed by atoms with Crippen molar-refractivity contribution in [3.05, 3.63) is 30.3 Å².